The lowest BCUT2D eigenvalue weighted by atomic mass is 10.00. The quantitative estimate of drug-likeness (QED) is 0.330. The fraction of sp³-hybridized carbons (Fsp3) is 0.207. The van der Waals surface area contributed by atoms with E-state index in [1.807, 2.05) is 43.3 Å². The summed E-state index contributed by atoms with van der Waals surface area (Å²) in [6.07, 6.45) is 3.88. The van der Waals surface area contributed by atoms with E-state index in [0.717, 1.165) is 34.0 Å². The number of aromatic nitrogens is 2. The largest absolute Gasteiger partial charge is 0.375 e. The zero-order valence-corrected chi connectivity index (χ0v) is 21.8. The SMILES string of the molecule is COCC(=O)Nc1ccc(N2C(=S)N[C@@H](c3ccccn3)[C@@H]2c2cccn2-c2ccc(C)cc2)cc1C. The molecule has 1 aliphatic rings. The Hall–Kier alpha value is -4.01. The predicted octanol–water partition coefficient (Wildman–Crippen LogP) is 5.25. The van der Waals surface area contributed by atoms with Crippen LogP contribution < -0.4 is 15.5 Å². The first-order valence-corrected chi connectivity index (χ1v) is 12.5. The van der Waals surface area contributed by atoms with E-state index in [4.69, 9.17) is 17.0 Å². The van der Waals surface area contributed by atoms with Gasteiger partial charge in [0.15, 0.2) is 5.11 Å². The predicted molar refractivity (Wildman–Crippen MR) is 150 cm³/mol. The van der Waals surface area contributed by atoms with E-state index in [1.54, 1.807) is 6.20 Å². The van der Waals surface area contributed by atoms with Crippen LogP contribution >= 0.6 is 12.2 Å². The molecule has 1 amide bonds. The van der Waals surface area contributed by atoms with Crippen LogP contribution in [0.3, 0.4) is 0 Å². The van der Waals surface area contributed by atoms with Crippen LogP contribution in [0.25, 0.3) is 5.69 Å². The molecular formula is C29H29N5O2S. The van der Waals surface area contributed by atoms with Crippen LogP contribution in [0.4, 0.5) is 11.4 Å². The summed E-state index contributed by atoms with van der Waals surface area (Å²) >= 11 is 5.90. The Morgan fingerprint density at radius 3 is 2.54 bits per heavy atom. The molecule has 8 heteroatoms. The van der Waals surface area contributed by atoms with Gasteiger partial charge in [-0.2, -0.15) is 0 Å². The number of nitrogens with one attached hydrogen (secondary N) is 2. The van der Waals surface area contributed by atoms with Gasteiger partial charge >= 0.3 is 0 Å². The highest BCUT2D eigenvalue weighted by Crippen LogP contribution is 2.42. The van der Waals surface area contributed by atoms with Crippen molar-refractivity contribution in [3.05, 3.63) is 108 Å². The molecule has 0 radical (unpaired) electrons. The van der Waals surface area contributed by atoms with Gasteiger partial charge in [0.25, 0.3) is 0 Å². The highest BCUT2D eigenvalue weighted by Gasteiger charge is 2.42. The number of carbonyl (C=O) groups is 1. The maximum atomic E-state index is 12.1. The van der Waals surface area contributed by atoms with Gasteiger partial charge in [-0.25, -0.2) is 0 Å². The van der Waals surface area contributed by atoms with Crippen LogP contribution in [0.5, 0.6) is 0 Å². The molecule has 2 atom stereocenters. The number of aryl methyl sites for hydroxylation is 2. The summed E-state index contributed by atoms with van der Waals surface area (Å²) in [6, 6.07) is 24.2. The second-order valence-corrected chi connectivity index (χ2v) is 9.50. The van der Waals surface area contributed by atoms with Gasteiger partial charge in [0, 0.05) is 42.3 Å². The Morgan fingerprint density at radius 2 is 1.84 bits per heavy atom. The molecule has 188 valence electrons. The lowest BCUT2D eigenvalue weighted by molar-refractivity contribution is -0.119. The first-order valence-electron chi connectivity index (χ1n) is 12.1. The number of amides is 1. The molecule has 0 unspecified atom stereocenters. The molecule has 1 fully saturated rings. The van der Waals surface area contributed by atoms with Crippen LogP contribution in [0.1, 0.15) is 34.6 Å². The van der Waals surface area contributed by atoms with Crippen molar-refractivity contribution in [2.75, 3.05) is 23.9 Å². The number of nitrogens with zero attached hydrogens (tertiary/aromatic N) is 3. The fourth-order valence-electron chi connectivity index (χ4n) is 4.76. The van der Waals surface area contributed by atoms with Crippen LogP contribution in [0.15, 0.2) is 85.2 Å². The monoisotopic (exact) mass is 511 g/mol. The van der Waals surface area contributed by atoms with E-state index >= 15 is 0 Å². The lowest BCUT2D eigenvalue weighted by Gasteiger charge is -2.29. The van der Waals surface area contributed by atoms with Gasteiger partial charge in [-0.15, -0.1) is 0 Å². The van der Waals surface area contributed by atoms with Gasteiger partial charge in [0.1, 0.15) is 12.6 Å². The second-order valence-electron chi connectivity index (χ2n) is 9.12. The Labute approximate surface area is 222 Å². The number of hydrogen-bond acceptors (Lipinski definition) is 4. The molecule has 7 nitrogen and oxygen atoms in total. The number of methoxy groups -OCH3 is 1. The van der Waals surface area contributed by atoms with E-state index in [2.05, 4.69) is 74.6 Å². The standard InChI is InChI=1S/C29H29N5O2S/c1-19-9-11-21(12-10-19)33-16-6-8-25(33)28-27(24-7-4-5-15-30-24)32-29(37)34(28)22-13-14-23(20(2)17-22)31-26(35)18-36-3/h4-17,27-28H,18H2,1-3H3,(H,31,35)(H,32,37)/t27-,28-/m0/s1. The maximum absolute atomic E-state index is 12.1. The Balaban J connectivity index is 1.58. The topological polar surface area (TPSA) is 71.4 Å². The molecule has 4 aromatic rings. The Kier molecular flexibility index (Phi) is 7.03. The van der Waals surface area contributed by atoms with E-state index < -0.39 is 0 Å². The van der Waals surface area contributed by atoms with Gasteiger partial charge in [-0.1, -0.05) is 23.8 Å². The minimum atomic E-state index is -0.194. The first-order chi connectivity index (χ1) is 18.0. The van der Waals surface area contributed by atoms with Gasteiger partial charge in [0.2, 0.25) is 5.91 Å². The zero-order chi connectivity index (χ0) is 25.9. The third-order valence-corrected chi connectivity index (χ3v) is 6.85. The van der Waals surface area contributed by atoms with Crippen molar-refractivity contribution in [3.63, 3.8) is 0 Å². The molecule has 0 aliphatic carbocycles. The highest BCUT2D eigenvalue weighted by molar-refractivity contribution is 7.80. The number of carbonyl (C=O) groups excluding carboxylic acids is 1. The summed E-state index contributed by atoms with van der Waals surface area (Å²) in [4.78, 5) is 18.9. The van der Waals surface area contributed by atoms with Crippen molar-refractivity contribution in [3.8, 4) is 5.69 Å². The summed E-state index contributed by atoms with van der Waals surface area (Å²) in [7, 11) is 1.50. The third kappa shape index (κ3) is 4.98. The average Bonchev–Trinajstić information content (AvgIpc) is 3.51. The molecule has 5 rings (SSSR count). The minimum Gasteiger partial charge on any atom is -0.375 e. The van der Waals surface area contributed by atoms with Crippen LogP contribution in [-0.4, -0.2) is 34.3 Å². The average molecular weight is 512 g/mol. The molecule has 3 heterocycles. The van der Waals surface area contributed by atoms with Crippen molar-refractivity contribution in [1.29, 1.82) is 0 Å². The number of thiocarbonyl (C=S) groups is 1. The maximum Gasteiger partial charge on any atom is 0.250 e. The summed E-state index contributed by atoms with van der Waals surface area (Å²) in [5.41, 5.74) is 6.89. The summed E-state index contributed by atoms with van der Waals surface area (Å²) in [5.74, 6) is -0.194. The van der Waals surface area contributed by atoms with Crippen LogP contribution in [-0.2, 0) is 9.53 Å². The normalized spacial score (nSPS) is 17.1. The number of ether oxygens (including phenoxy) is 1. The molecule has 1 saturated heterocycles. The van der Waals surface area contributed by atoms with Crippen LogP contribution in [0, 0.1) is 13.8 Å². The lowest BCUT2D eigenvalue weighted by Crippen LogP contribution is -2.30. The number of rotatable bonds is 7. The molecule has 1 aliphatic heterocycles. The number of anilines is 2. The molecular weight excluding hydrogens is 482 g/mol. The molecule has 37 heavy (non-hydrogen) atoms. The molecule has 2 N–H and O–H groups in total. The number of benzene rings is 2. The van der Waals surface area contributed by atoms with Crippen molar-refractivity contribution < 1.29 is 9.53 Å². The molecule has 2 aromatic carbocycles. The summed E-state index contributed by atoms with van der Waals surface area (Å²) in [6.45, 7) is 4.06. The number of hydrogen-bond donors (Lipinski definition) is 2. The first kappa shape index (κ1) is 24.7. The van der Waals surface area contributed by atoms with Crippen molar-refractivity contribution in [2.45, 2.75) is 25.9 Å². The highest BCUT2D eigenvalue weighted by atomic mass is 32.1. The zero-order valence-electron chi connectivity index (χ0n) is 21.0. The van der Waals surface area contributed by atoms with Gasteiger partial charge < -0.3 is 24.8 Å². The van der Waals surface area contributed by atoms with Crippen molar-refractivity contribution in [1.82, 2.24) is 14.9 Å². The minimum absolute atomic E-state index is 0.00511. The third-order valence-electron chi connectivity index (χ3n) is 6.53. The summed E-state index contributed by atoms with van der Waals surface area (Å²) < 4.78 is 7.15. The Bertz CT molecular complexity index is 1420. The van der Waals surface area contributed by atoms with Gasteiger partial charge in [-0.3, -0.25) is 9.78 Å². The Morgan fingerprint density at radius 1 is 1.05 bits per heavy atom. The van der Waals surface area contributed by atoms with Crippen molar-refractivity contribution in [2.24, 2.45) is 0 Å². The van der Waals surface area contributed by atoms with E-state index in [9.17, 15) is 4.79 Å². The number of pyridine rings is 1. The molecule has 0 spiro atoms. The van der Waals surface area contributed by atoms with E-state index in [0.29, 0.717) is 5.11 Å². The summed E-state index contributed by atoms with van der Waals surface area (Å²) in [5, 5.41) is 7.05. The van der Waals surface area contributed by atoms with E-state index in [1.165, 1.54) is 12.7 Å². The molecule has 2 aromatic heterocycles. The van der Waals surface area contributed by atoms with Crippen LogP contribution in [0.2, 0.25) is 0 Å². The smallest absolute Gasteiger partial charge is 0.250 e. The molecule has 0 saturated carbocycles. The van der Waals surface area contributed by atoms with E-state index in [-0.39, 0.29) is 24.6 Å². The van der Waals surface area contributed by atoms with Gasteiger partial charge in [0.05, 0.1) is 11.7 Å². The van der Waals surface area contributed by atoms with Gasteiger partial charge in [-0.05, 0) is 86.2 Å². The molecule has 0 bridgehead atoms. The second kappa shape index (κ2) is 10.5. The fourth-order valence-corrected chi connectivity index (χ4v) is 5.11. The van der Waals surface area contributed by atoms with Crippen molar-refractivity contribution >= 4 is 34.6 Å².